The van der Waals surface area contributed by atoms with Crippen LogP contribution >= 0.6 is 11.3 Å². The Morgan fingerprint density at radius 1 is 1.32 bits per heavy atom. The molecule has 0 aliphatic carbocycles. The minimum atomic E-state index is -4.61. The van der Waals surface area contributed by atoms with Crippen molar-refractivity contribution in [1.82, 2.24) is 9.88 Å². The summed E-state index contributed by atoms with van der Waals surface area (Å²) in [5.74, 6) is -0.935. The van der Waals surface area contributed by atoms with E-state index in [1.807, 2.05) is 0 Å². The summed E-state index contributed by atoms with van der Waals surface area (Å²) in [4.78, 5) is 7.24. The number of benzene rings is 1. The molecule has 136 valence electrons. The van der Waals surface area contributed by atoms with E-state index in [2.05, 4.69) is 16.8 Å². The zero-order valence-corrected chi connectivity index (χ0v) is 14.6. The van der Waals surface area contributed by atoms with Gasteiger partial charge in [0.2, 0.25) is 0 Å². The maximum Gasteiger partial charge on any atom is 0.416 e. The molecule has 3 nitrogen and oxygen atoms in total. The molecule has 1 saturated heterocycles. The van der Waals surface area contributed by atoms with Crippen LogP contribution in [0.1, 0.15) is 36.6 Å². The molecule has 1 aromatic carbocycles. The van der Waals surface area contributed by atoms with Crippen molar-refractivity contribution in [2.75, 3.05) is 12.3 Å². The molecule has 1 aliphatic heterocycles. The lowest BCUT2D eigenvalue weighted by atomic mass is 10.1. The average molecular weight is 373 g/mol. The van der Waals surface area contributed by atoms with Crippen molar-refractivity contribution in [3.8, 4) is 11.3 Å². The molecular formula is C17H19F4N3S. The second-order valence-corrected chi connectivity index (χ2v) is 7.34. The number of thiazole rings is 1. The van der Waals surface area contributed by atoms with E-state index in [0.29, 0.717) is 24.3 Å². The fourth-order valence-electron chi connectivity index (χ4n) is 3.34. The number of alkyl halides is 3. The molecule has 1 unspecified atom stereocenters. The number of nitrogens with zero attached hydrogens (tertiary/aromatic N) is 2. The van der Waals surface area contributed by atoms with E-state index >= 15 is 0 Å². The fraction of sp³-hybridized carbons (Fsp3) is 0.471. The highest BCUT2D eigenvalue weighted by molar-refractivity contribution is 7.15. The van der Waals surface area contributed by atoms with Gasteiger partial charge < -0.3 is 5.73 Å². The average Bonchev–Trinajstić information content (AvgIpc) is 3.12. The third-order valence-corrected chi connectivity index (χ3v) is 5.40. The summed E-state index contributed by atoms with van der Waals surface area (Å²) in [5, 5.41) is 0.273. The Kier molecular flexibility index (Phi) is 5.02. The van der Waals surface area contributed by atoms with Gasteiger partial charge in [-0.15, -0.1) is 11.3 Å². The molecule has 2 aromatic rings. The first-order chi connectivity index (χ1) is 11.8. The largest absolute Gasteiger partial charge is 0.416 e. The molecule has 1 atom stereocenters. The molecule has 0 bridgehead atoms. The first kappa shape index (κ1) is 18.1. The van der Waals surface area contributed by atoms with Crippen molar-refractivity contribution in [3.05, 3.63) is 34.5 Å². The predicted octanol–water partition coefficient (Wildman–Crippen LogP) is 4.92. The number of aromatic nitrogens is 1. The van der Waals surface area contributed by atoms with Crippen molar-refractivity contribution < 1.29 is 17.6 Å². The lowest BCUT2D eigenvalue weighted by molar-refractivity contribution is -0.137. The molecule has 2 heterocycles. The van der Waals surface area contributed by atoms with Crippen molar-refractivity contribution in [1.29, 1.82) is 0 Å². The quantitative estimate of drug-likeness (QED) is 0.773. The Balaban J connectivity index is 1.97. The first-order valence-corrected chi connectivity index (χ1v) is 8.97. The minimum Gasteiger partial charge on any atom is -0.375 e. The third-order valence-electron chi connectivity index (χ3n) is 4.53. The number of nitrogens with two attached hydrogens (primary N) is 1. The summed E-state index contributed by atoms with van der Waals surface area (Å²) in [6.45, 7) is 3.63. The van der Waals surface area contributed by atoms with Crippen LogP contribution in [0.25, 0.3) is 11.3 Å². The van der Waals surface area contributed by atoms with Crippen LogP contribution in [0.4, 0.5) is 22.7 Å². The summed E-state index contributed by atoms with van der Waals surface area (Å²) in [7, 11) is 0. The smallest absolute Gasteiger partial charge is 0.375 e. The van der Waals surface area contributed by atoms with E-state index in [9.17, 15) is 17.6 Å². The van der Waals surface area contributed by atoms with Gasteiger partial charge in [-0.1, -0.05) is 6.92 Å². The molecule has 0 radical (unpaired) electrons. The Labute approximate surface area is 147 Å². The van der Waals surface area contributed by atoms with Gasteiger partial charge in [0.05, 0.1) is 11.3 Å². The summed E-state index contributed by atoms with van der Waals surface area (Å²) in [5.41, 5.74) is 5.23. The van der Waals surface area contributed by atoms with Gasteiger partial charge >= 0.3 is 6.18 Å². The zero-order chi connectivity index (χ0) is 18.2. The Morgan fingerprint density at radius 3 is 2.76 bits per heavy atom. The second-order valence-electron chi connectivity index (χ2n) is 6.23. The van der Waals surface area contributed by atoms with Crippen molar-refractivity contribution in [2.24, 2.45) is 0 Å². The monoisotopic (exact) mass is 373 g/mol. The molecule has 0 amide bonds. The van der Waals surface area contributed by atoms with Crippen LogP contribution in [0.15, 0.2) is 18.2 Å². The fourth-order valence-corrected chi connectivity index (χ4v) is 4.22. The standard InChI is InChI=1S/C17H19F4N3S/c1-2-13-4-3-5-24(13)9-14-15(23-16(22)25-14)10-6-11(17(19,20)21)8-12(18)7-10/h6-8,13H,2-5,9H2,1H3,(H2,22,23). The highest BCUT2D eigenvalue weighted by Crippen LogP contribution is 2.37. The van der Waals surface area contributed by atoms with Crippen LogP contribution in [-0.4, -0.2) is 22.5 Å². The van der Waals surface area contributed by atoms with Gasteiger partial charge in [-0.3, -0.25) is 4.90 Å². The maximum atomic E-state index is 13.7. The van der Waals surface area contributed by atoms with Crippen molar-refractivity contribution in [3.63, 3.8) is 0 Å². The van der Waals surface area contributed by atoms with Crippen LogP contribution in [0, 0.1) is 5.82 Å². The summed E-state index contributed by atoms with van der Waals surface area (Å²) in [6, 6.07) is 2.96. The molecule has 1 aliphatic rings. The van der Waals surface area contributed by atoms with Gasteiger partial charge in [0.1, 0.15) is 5.82 Å². The van der Waals surface area contributed by atoms with Gasteiger partial charge in [-0.25, -0.2) is 9.37 Å². The normalized spacial score (nSPS) is 18.8. The van der Waals surface area contributed by atoms with E-state index in [1.165, 1.54) is 11.3 Å². The number of hydrogen-bond donors (Lipinski definition) is 1. The Morgan fingerprint density at radius 2 is 2.08 bits per heavy atom. The number of halogens is 4. The van der Waals surface area contributed by atoms with Gasteiger partial charge in [-0.05, 0) is 44.0 Å². The molecule has 0 spiro atoms. The van der Waals surface area contributed by atoms with Crippen LogP contribution < -0.4 is 5.73 Å². The number of likely N-dealkylation sites (tertiary alicyclic amines) is 1. The lowest BCUT2D eigenvalue weighted by Crippen LogP contribution is -2.28. The Hall–Kier alpha value is -1.67. The lowest BCUT2D eigenvalue weighted by Gasteiger charge is -2.22. The minimum absolute atomic E-state index is 0.113. The van der Waals surface area contributed by atoms with Crippen LogP contribution in [-0.2, 0) is 12.7 Å². The van der Waals surface area contributed by atoms with E-state index in [1.54, 1.807) is 0 Å². The topological polar surface area (TPSA) is 42.1 Å². The molecule has 2 N–H and O–H groups in total. The van der Waals surface area contributed by atoms with Crippen molar-refractivity contribution >= 4 is 16.5 Å². The van der Waals surface area contributed by atoms with Gasteiger partial charge in [0.15, 0.2) is 5.13 Å². The number of rotatable bonds is 4. The van der Waals surface area contributed by atoms with Gasteiger partial charge in [-0.2, -0.15) is 13.2 Å². The SMILES string of the molecule is CCC1CCCN1Cc1sc(N)nc1-c1cc(F)cc(C(F)(F)F)c1. The third kappa shape index (κ3) is 3.95. The molecule has 25 heavy (non-hydrogen) atoms. The summed E-state index contributed by atoms with van der Waals surface area (Å²) in [6.07, 6.45) is -1.39. The van der Waals surface area contributed by atoms with Gasteiger partial charge in [0.25, 0.3) is 0 Å². The maximum absolute atomic E-state index is 13.7. The molecule has 3 rings (SSSR count). The molecule has 1 aromatic heterocycles. The van der Waals surface area contributed by atoms with E-state index in [0.717, 1.165) is 42.8 Å². The van der Waals surface area contributed by atoms with E-state index < -0.39 is 17.6 Å². The molecular weight excluding hydrogens is 354 g/mol. The first-order valence-electron chi connectivity index (χ1n) is 8.15. The van der Waals surface area contributed by atoms with E-state index in [4.69, 9.17) is 5.73 Å². The predicted molar refractivity (Wildman–Crippen MR) is 90.6 cm³/mol. The van der Waals surface area contributed by atoms with E-state index in [-0.39, 0.29) is 10.7 Å². The zero-order valence-electron chi connectivity index (χ0n) is 13.7. The second kappa shape index (κ2) is 6.92. The Bertz CT molecular complexity index is 757. The number of hydrogen-bond acceptors (Lipinski definition) is 4. The highest BCUT2D eigenvalue weighted by atomic mass is 32.1. The van der Waals surface area contributed by atoms with Crippen molar-refractivity contribution in [2.45, 2.75) is 44.9 Å². The molecule has 0 saturated carbocycles. The highest BCUT2D eigenvalue weighted by Gasteiger charge is 2.32. The number of anilines is 1. The summed E-state index contributed by atoms with van der Waals surface area (Å²) < 4.78 is 52.7. The van der Waals surface area contributed by atoms with Crippen LogP contribution in [0.2, 0.25) is 0 Å². The molecule has 1 fully saturated rings. The molecule has 8 heteroatoms. The van der Waals surface area contributed by atoms with Gasteiger partial charge in [0, 0.05) is 23.0 Å². The van der Waals surface area contributed by atoms with Crippen LogP contribution in [0.3, 0.4) is 0 Å². The number of nitrogen functional groups attached to an aromatic ring is 1. The van der Waals surface area contributed by atoms with Crippen LogP contribution in [0.5, 0.6) is 0 Å². The summed E-state index contributed by atoms with van der Waals surface area (Å²) >= 11 is 1.25.